The van der Waals surface area contributed by atoms with E-state index in [-0.39, 0.29) is 12.0 Å². The Morgan fingerprint density at radius 2 is 2.09 bits per heavy atom. The zero-order valence-corrected chi connectivity index (χ0v) is 14.3. The predicted molar refractivity (Wildman–Crippen MR) is 88.7 cm³/mol. The van der Waals surface area contributed by atoms with Gasteiger partial charge in [0.05, 0.1) is 0 Å². The van der Waals surface area contributed by atoms with Crippen LogP contribution in [-0.2, 0) is 4.79 Å². The minimum Gasteiger partial charge on any atom is -0.480 e. The van der Waals surface area contributed by atoms with Crippen LogP contribution in [-0.4, -0.2) is 23.0 Å². The van der Waals surface area contributed by atoms with Gasteiger partial charge < -0.3 is 14.8 Å². The highest BCUT2D eigenvalue weighted by atomic mass is 79.9. The smallest absolute Gasteiger partial charge is 0.349 e. The minimum absolute atomic E-state index is 0.169. The topological polar surface area (TPSA) is 96.6 Å². The van der Waals surface area contributed by atoms with Crippen LogP contribution in [0.15, 0.2) is 31.9 Å². The van der Waals surface area contributed by atoms with Crippen LogP contribution >= 0.6 is 15.9 Å². The van der Waals surface area contributed by atoms with Crippen molar-refractivity contribution in [1.29, 1.82) is 0 Å². The molecule has 0 spiro atoms. The molecule has 0 saturated carbocycles. The summed E-state index contributed by atoms with van der Waals surface area (Å²) in [6.07, 6.45) is 0.875. The summed E-state index contributed by atoms with van der Waals surface area (Å²) in [7, 11) is 0. The van der Waals surface area contributed by atoms with Gasteiger partial charge in [-0.3, -0.25) is 4.79 Å². The van der Waals surface area contributed by atoms with E-state index in [1.807, 2.05) is 6.92 Å². The Bertz CT molecular complexity index is 827. The van der Waals surface area contributed by atoms with E-state index in [0.717, 1.165) is 4.47 Å². The van der Waals surface area contributed by atoms with Gasteiger partial charge >= 0.3 is 11.6 Å². The lowest BCUT2D eigenvalue weighted by Crippen LogP contribution is -2.42. The second-order valence-corrected chi connectivity index (χ2v) is 6.10. The fraction of sp³-hybridized carbons (Fsp3) is 0.312. The molecule has 1 heterocycles. The van der Waals surface area contributed by atoms with Crippen molar-refractivity contribution in [2.24, 2.45) is 0 Å². The number of fused-ring (bicyclic) bond motifs is 1. The molecular weight excluding hydrogens is 366 g/mol. The van der Waals surface area contributed by atoms with E-state index in [9.17, 15) is 14.4 Å². The Balaban J connectivity index is 2.48. The zero-order valence-electron chi connectivity index (χ0n) is 12.7. The lowest BCUT2D eigenvalue weighted by Gasteiger charge is -2.14. The van der Waals surface area contributed by atoms with E-state index in [4.69, 9.17) is 9.52 Å². The molecule has 7 heteroatoms. The highest BCUT2D eigenvalue weighted by Gasteiger charge is 2.24. The average molecular weight is 382 g/mol. The predicted octanol–water partition coefficient (Wildman–Crippen LogP) is 2.85. The SMILES string of the molecule is CCCC(NC(=O)c1c(C)c2cc(Br)ccc2oc1=O)C(=O)O. The maximum atomic E-state index is 12.4. The number of carbonyl (C=O) groups is 2. The van der Waals surface area contributed by atoms with Gasteiger partial charge in [0.15, 0.2) is 0 Å². The monoisotopic (exact) mass is 381 g/mol. The van der Waals surface area contributed by atoms with Crippen LogP contribution in [0.25, 0.3) is 11.0 Å². The third-order valence-corrected chi connectivity index (χ3v) is 4.03. The summed E-state index contributed by atoms with van der Waals surface area (Å²) >= 11 is 3.33. The van der Waals surface area contributed by atoms with E-state index in [2.05, 4.69) is 21.2 Å². The van der Waals surface area contributed by atoms with Crippen LogP contribution in [0.2, 0.25) is 0 Å². The lowest BCUT2D eigenvalue weighted by molar-refractivity contribution is -0.139. The molecule has 1 amide bonds. The normalized spacial score (nSPS) is 12.1. The number of carboxylic acids is 1. The number of amides is 1. The first-order valence-electron chi connectivity index (χ1n) is 7.11. The molecule has 0 aliphatic rings. The maximum absolute atomic E-state index is 12.4. The van der Waals surface area contributed by atoms with Gasteiger partial charge in [0.25, 0.3) is 5.91 Å². The van der Waals surface area contributed by atoms with Gasteiger partial charge in [0.2, 0.25) is 0 Å². The third kappa shape index (κ3) is 3.61. The van der Waals surface area contributed by atoms with E-state index in [1.54, 1.807) is 25.1 Å². The number of benzene rings is 1. The summed E-state index contributed by atoms with van der Waals surface area (Å²) in [6, 6.07) is 4.06. The number of hydrogen-bond acceptors (Lipinski definition) is 4. The van der Waals surface area contributed by atoms with Crippen molar-refractivity contribution in [2.75, 3.05) is 0 Å². The van der Waals surface area contributed by atoms with E-state index < -0.39 is 23.5 Å². The van der Waals surface area contributed by atoms with Crippen LogP contribution < -0.4 is 10.9 Å². The number of rotatable bonds is 5. The summed E-state index contributed by atoms with van der Waals surface area (Å²) in [6.45, 7) is 3.45. The average Bonchev–Trinajstić information content (AvgIpc) is 2.47. The first-order chi connectivity index (χ1) is 10.8. The molecule has 1 aromatic heterocycles. The van der Waals surface area contributed by atoms with Crippen LogP contribution in [0.3, 0.4) is 0 Å². The van der Waals surface area contributed by atoms with Crippen LogP contribution in [0.1, 0.15) is 35.7 Å². The van der Waals surface area contributed by atoms with Gasteiger partial charge in [-0.05, 0) is 37.1 Å². The summed E-state index contributed by atoms with van der Waals surface area (Å²) < 4.78 is 5.95. The first kappa shape index (κ1) is 17.2. The third-order valence-electron chi connectivity index (χ3n) is 3.54. The Hall–Kier alpha value is -2.15. The lowest BCUT2D eigenvalue weighted by atomic mass is 10.0. The Labute approximate surface area is 140 Å². The molecule has 2 N–H and O–H groups in total. The highest BCUT2D eigenvalue weighted by molar-refractivity contribution is 9.10. The van der Waals surface area contributed by atoms with Gasteiger partial charge in [-0.1, -0.05) is 29.3 Å². The standard InChI is InChI=1S/C16H16BrNO5/c1-3-4-11(15(20)21)18-14(19)13-8(2)10-7-9(17)5-6-12(10)23-16(13)22/h5-7,11H,3-4H2,1-2H3,(H,18,19)(H,20,21). The molecule has 0 radical (unpaired) electrons. The first-order valence-corrected chi connectivity index (χ1v) is 7.91. The zero-order chi connectivity index (χ0) is 17.1. The van der Waals surface area contributed by atoms with E-state index >= 15 is 0 Å². The van der Waals surface area contributed by atoms with Crippen molar-refractivity contribution >= 4 is 38.8 Å². The van der Waals surface area contributed by atoms with E-state index in [1.165, 1.54) is 0 Å². The minimum atomic E-state index is -1.13. The van der Waals surface area contributed by atoms with Crippen molar-refractivity contribution in [3.8, 4) is 0 Å². The quantitative estimate of drug-likeness (QED) is 0.776. The molecule has 0 bridgehead atoms. The largest absolute Gasteiger partial charge is 0.480 e. The number of carbonyl (C=O) groups excluding carboxylic acids is 1. The Kier molecular flexibility index (Phi) is 5.20. The van der Waals surface area contributed by atoms with Crippen molar-refractivity contribution in [1.82, 2.24) is 5.32 Å². The number of aryl methyl sites for hydroxylation is 1. The second kappa shape index (κ2) is 6.95. The van der Waals surface area contributed by atoms with Gasteiger partial charge in [-0.2, -0.15) is 0 Å². The molecule has 0 fully saturated rings. The van der Waals surface area contributed by atoms with Crippen LogP contribution in [0.4, 0.5) is 0 Å². The second-order valence-electron chi connectivity index (χ2n) is 5.18. The molecule has 1 unspecified atom stereocenters. The van der Waals surface area contributed by atoms with Gasteiger partial charge in [-0.25, -0.2) is 9.59 Å². The summed E-state index contributed by atoms with van der Waals surface area (Å²) in [5.41, 5.74) is -0.125. The number of carboxylic acid groups (broad SMARTS) is 1. The van der Waals surface area contributed by atoms with Crippen molar-refractivity contribution in [3.63, 3.8) is 0 Å². The van der Waals surface area contributed by atoms with Crippen molar-refractivity contribution < 1.29 is 19.1 Å². The van der Waals surface area contributed by atoms with Gasteiger partial charge in [0.1, 0.15) is 17.2 Å². The van der Waals surface area contributed by atoms with Crippen LogP contribution in [0.5, 0.6) is 0 Å². The molecule has 2 rings (SSSR count). The fourth-order valence-corrected chi connectivity index (χ4v) is 2.72. The summed E-state index contributed by atoms with van der Waals surface area (Å²) in [5, 5.41) is 12.1. The summed E-state index contributed by atoms with van der Waals surface area (Å²) in [5.74, 6) is -1.87. The molecule has 1 atom stereocenters. The molecule has 0 aliphatic carbocycles. The van der Waals surface area contributed by atoms with Crippen molar-refractivity contribution in [3.05, 3.63) is 44.2 Å². The van der Waals surface area contributed by atoms with Crippen molar-refractivity contribution in [2.45, 2.75) is 32.7 Å². The highest BCUT2D eigenvalue weighted by Crippen LogP contribution is 2.23. The fourth-order valence-electron chi connectivity index (χ4n) is 2.36. The molecule has 122 valence electrons. The molecule has 23 heavy (non-hydrogen) atoms. The molecule has 2 aromatic rings. The number of hydrogen-bond donors (Lipinski definition) is 2. The van der Waals surface area contributed by atoms with E-state index in [0.29, 0.717) is 23.0 Å². The van der Waals surface area contributed by atoms with Gasteiger partial charge in [-0.15, -0.1) is 0 Å². The van der Waals surface area contributed by atoms with Crippen LogP contribution in [0, 0.1) is 6.92 Å². The molecule has 0 saturated heterocycles. The Morgan fingerprint density at radius 3 is 2.70 bits per heavy atom. The molecule has 1 aromatic carbocycles. The number of nitrogens with one attached hydrogen (secondary N) is 1. The maximum Gasteiger partial charge on any atom is 0.349 e. The molecule has 0 aliphatic heterocycles. The number of halogens is 1. The summed E-state index contributed by atoms with van der Waals surface area (Å²) in [4.78, 5) is 35.6. The Morgan fingerprint density at radius 1 is 1.39 bits per heavy atom. The molecular formula is C16H16BrNO5. The number of aliphatic carboxylic acids is 1. The van der Waals surface area contributed by atoms with Gasteiger partial charge in [0, 0.05) is 9.86 Å². The molecule has 6 nitrogen and oxygen atoms in total.